The minimum absolute atomic E-state index is 0.0868. The van der Waals surface area contributed by atoms with Gasteiger partial charge in [0.05, 0.1) is 9.93 Å². The molecular weight excluding hydrogens is 318 g/mol. The molecule has 0 saturated carbocycles. The van der Waals surface area contributed by atoms with Gasteiger partial charge in [-0.1, -0.05) is 35.6 Å². The van der Waals surface area contributed by atoms with E-state index in [4.69, 9.17) is 33.3 Å². The van der Waals surface area contributed by atoms with Gasteiger partial charge in [-0.15, -0.1) is 0 Å². The zero-order chi connectivity index (χ0) is 14.3. The third kappa shape index (κ3) is 2.28. The molecule has 0 aromatic heterocycles. The second-order valence-electron chi connectivity index (χ2n) is 4.15. The van der Waals surface area contributed by atoms with Crippen molar-refractivity contribution in [3.8, 4) is 11.5 Å². The fourth-order valence-electron chi connectivity index (χ4n) is 1.96. The summed E-state index contributed by atoms with van der Waals surface area (Å²) < 4.78 is 11.1. The molecule has 104 valence electrons. The number of fused-ring (bicyclic) bond motifs is 1. The molecule has 1 amide bonds. The summed E-state index contributed by atoms with van der Waals surface area (Å²) >= 11 is 12.6. The molecule has 7 heteroatoms. The molecule has 2 heterocycles. The summed E-state index contributed by atoms with van der Waals surface area (Å²) in [6.45, 7) is 2.64. The van der Waals surface area contributed by atoms with Crippen LogP contribution in [0, 0.1) is 0 Å². The summed E-state index contributed by atoms with van der Waals surface area (Å²) in [6, 6.07) is 3.46. The van der Waals surface area contributed by atoms with Crippen molar-refractivity contribution in [2.45, 2.75) is 6.92 Å². The van der Waals surface area contributed by atoms with Crippen molar-refractivity contribution < 1.29 is 14.3 Å². The summed E-state index contributed by atoms with van der Waals surface area (Å²) in [7, 11) is 0. The first kappa shape index (κ1) is 13.7. The van der Waals surface area contributed by atoms with Crippen molar-refractivity contribution in [3.05, 3.63) is 27.6 Å². The van der Waals surface area contributed by atoms with Crippen molar-refractivity contribution in [2.24, 2.45) is 0 Å². The van der Waals surface area contributed by atoms with E-state index in [1.165, 1.54) is 11.8 Å². The van der Waals surface area contributed by atoms with Crippen LogP contribution in [0.15, 0.2) is 17.0 Å². The van der Waals surface area contributed by atoms with Crippen molar-refractivity contribution in [3.63, 3.8) is 0 Å². The first-order valence-corrected chi connectivity index (χ1v) is 7.55. The number of thioether (sulfide) groups is 1. The van der Waals surface area contributed by atoms with Crippen LogP contribution in [0.1, 0.15) is 12.5 Å². The minimum Gasteiger partial charge on any atom is -0.454 e. The molecule has 3 rings (SSSR count). The van der Waals surface area contributed by atoms with Crippen molar-refractivity contribution in [2.75, 3.05) is 13.3 Å². The molecule has 0 atom stereocenters. The minimum atomic E-state index is -0.0868. The van der Waals surface area contributed by atoms with E-state index in [0.717, 1.165) is 0 Å². The predicted octanol–water partition coefficient (Wildman–Crippen LogP) is 3.29. The Bertz CT molecular complexity index is 645. The number of hydrogen-bond acceptors (Lipinski definition) is 5. The van der Waals surface area contributed by atoms with E-state index in [1.807, 2.05) is 6.92 Å². The van der Waals surface area contributed by atoms with Gasteiger partial charge in [0.25, 0.3) is 5.91 Å². The number of carbonyl (C=O) groups is 1. The predicted molar refractivity (Wildman–Crippen MR) is 83.1 cm³/mol. The van der Waals surface area contributed by atoms with E-state index in [2.05, 4.69) is 0 Å². The fourth-order valence-corrected chi connectivity index (χ4v) is 3.54. The van der Waals surface area contributed by atoms with E-state index in [9.17, 15) is 4.79 Å². The van der Waals surface area contributed by atoms with Crippen LogP contribution in [0.4, 0.5) is 0 Å². The number of rotatable bonds is 2. The largest absolute Gasteiger partial charge is 0.454 e. The maximum Gasteiger partial charge on any atom is 0.266 e. The summed E-state index contributed by atoms with van der Waals surface area (Å²) in [5.41, 5.74) is 0.715. The van der Waals surface area contributed by atoms with Crippen LogP contribution in [0.3, 0.4) is 0 Å². The van der Waals surface area contributed by atoms with Crippen LogP contribution in [0.25, 0.3) is 6.08 Å². The number of amides is 1. The number of halogens is 1. The van der Waals surface area contributed by atoms with Crippen LogP contribution >= 0.6 is 35.6 Å². The van der Waals surface area contributed by atoms with Gasteiger partial charge in [0.15, 0.2) is 11.5 Å². The van der Waals surface area contributed by atoms with Gasteiger partial charge in [0.1, 0.15) is 4.32 Å². The third-order valence-corrected chi connectivity index (χ3v) is 4.67. The average molecular weight is 328 g/mol. The number of hydrogen-bond donors (Lipinski definition) is 0. The fraction of sp³-hybridized carbons (Fsp3) is 0.231. The average Bonchev–Trinajstić information content (AvgIpc) is 2.95. The molecule has 0 radical (unpaired) electrons. The molecule has 20 heavy (non-hydrogen) atoms. The molecule has 0 bridgehead atoms. The summed E-state index contributed by atoms with van der Waals surface area (Å²) in [5.74, 6) is 1.16. The van der Waals surface area contributed by atoms with Gasteiger partial charge in [-0.25, -0.2) is 0 Å². The smallest absolute Gasteiger partial charge is 0.266 e. The Morgan fingerprint density at radius 1 is 1.45 bits per heavy atom. The Kier molecular flexibility index (Phi) is 3.62. The van der Waals surface area contributed by atoms with E-state index in [1.54, 1.807) is 23.1 Å². The molecule has 1 fully saturated rings. The number of thiocarbonyl (C=S) groups is 1. The third-order valence-electron chi connectivity index (χ3n) is 2.97. The number of ether oxygens (including phenoxy) is 2. The van der Waals surface area contributed by atoms with Crippen molar-refractivity contribution >= 4 is 51.9 Å². The highest BCUT2D eigenvalue weighted by Crippen LogP contribution is 2.39. The number of carbonyl (C=O) groups excluding carboxylic acids is 1. The molecule has 1 saturated heterocycles. The normalized spacial score (nSPS) is 19.3. The Morgan fingerprint density at radius 3 is 2.80 bits per heavy atom. The second kappa shape index (κ2) is 5.27. The lowest BCUT2D eigenvalue weighted by molar-refractivity contribution is -0.121. The van der Waals surface area contributed by atoms with Crippen LogP contribution < -0.4 is 9.47 Å². The van der Waals surface area contributed by atoms with Crippen LogP contribution in [0.5, 0.6) is 11.5 Å². The molecule has 4 nitrogen and oxygen atoms in total. The van der Waals surface area contributed by atoms with Gasteiger partial charge in [-0.3, -0.25) is 9.69 Å². The van der Waals surface area contributed by atoms with E-state index >= 15 is 0 Å². The molecule has 0 unspecified atom stereocenters. The summed E-state index contributed by atoms with van der Waals surface area (Å²) in [6.07, 6.45) is 1.74. The number of likely N-dealkylation sites (N-methyl/N-ethyl adjacent to an activating group) is 1. The SMILES string of the molecule is CCN1C(=O)/C(=C/c2cc3c(cc2Cl)OCO3)SC1=S. The zero-order valence-electron chi connectivity index (χ0n) is 10.5. The maximum absolute atomic E-state index is 12.1. The monoisotopic (exact) mass is 327 g/mol. The summed E-state index contributed by atoms with van der Waals surface area (Å²) in [4.78, 5) is 14.3. The summed E-state index contributed by atoms with van der Waals surface area (Å²) in [5, 5.41) is 0.510. The van der Waals surface area contributed by atoms with Gasteiger partial charge < -0.3 is 9.47 Å². The van der Waals surface area contributed by atoms with E-state index in [-0.39, 0.29) is 12.7 Å². The standard InChI is InChI=1S/C13H10ClNO3S2/c1-2-15-12(16)11(20-13(15)19)4-7-3-9-10(5-8(7)14)18-6-17-9/h3-5H,2,6H2,1H3/b11-4-. The highest BCUT2D eigenvalue weighted by atomic mass is 35.5. The number of nitrogens with zero attached hydrogens (tertiary/aromatic N) is 1. The lowest BCUT2D eigenvalue weighted by atomic mass is 10.2. The lowest BCUT2D eigenvalue weighted by Gasteiger charge is -2.09. The van der Waals surface area contributed by atoms with Crippen LogP contribution in [0.2, 0.25) is 5.02 Å². The molecule has 1 aromatic rings. The second-order valence-corrected chi connectivity index (χ2v) is 6.24. The molecule has 0 aliphatic carbocycles. The van der Waals surface area contributed by atoms with E-state index < -0.39 is 0 Å². The Hall–Kier alpha value is -1.24. The van der Waals surface area contributed by atoms with Gasteiger partial charge in [-0.2, -0.15) is 0 Å². The highest BCUT2D eigenvalue weighted by molar-refractivity contribution is 8.26. The highest BCUT2D eigenvalue weighted by Gasteiger charge is 2.31. The first-order chi connectivity index (χ1) is 9.60. The topological polar surface area (TPSA) is 38.8 Å². The zero-order valence-corrected chi connectivity index (χ0v) is 12.9. The molecule has 2 aliphatic heterocycles. The lowest BCUT2D eigenvalue weighted by Crippen LogP contribution is -2.27. The Morgan fingerprint density at radius 2 is 2.15 bits per heavy atom. The first-order valence-electron chi connectivity index (χ1n) is 5.94. The number of benzene rings is 1. The van der Waals surface area contributed by atoms with Crippen LogP contribution in [-0.2, 0) is 4.79 Å². The molecule has 2 aliphatic rings. The van der Waals surface area contributed by atoms with Crippen molar-refractivity contribution in [1.29, 1.82) is 0 Å². The molecular formula is C13H10ClNO3S2. The Labute approximate surface area is 130 Å². The van der Waals surface area contributed by atoms with Crippen molar-refractivity contribution in [1.82, 2.24) is 4.90 Å². The van der Waals surface area contributed by atoms with Gasteiger partial charge >= 0.3 is 0 Å². The maximum atomic E-state index is 12.1. The molecule has 1 aromatic carbocycles. The molecule has 0 N–H and O–H groups in total. The van der Waals surface area contributed by atoms with Gasteiger partial charge in [0.2, 0.25) is 6.79 Å². The Balaban J connectivity index is 1.97. The van der Waals surface area contributed by atoms with Crippen LogP contribution in [-0.4, -0.2) is 28.5 Å². The van der Waals surface area contributed by atoms with Gasteiger partial charge in [-0.05, 0) is 24.6 Å². The van der Waals surface area contributed by atoms with E-state index in [0.29, 0.717) is 37.9 Å². The molecule has 0 spiro atoms. The quantitative estimate of drug-likeness (QED) is 0.615. The van der Waals surface area contributed by atoms with Gasteiger partial charge in [0, 0.05) is 12.6 Å².